The van der Waals surface area contributed by atoms with E-state index in [0.717, 1.165) is 38.8 Å². The molecule has 0 radical (unpaired) electrons. The Labute approximate surface area is 178 Å². The molecule has 0 unspecified atom stereocenters. The lowest BCUT2D eigenvalue weighted by Gasteiger charge is -2.04. The van der Waals surface area contributed by atoms with Crippen LogP contribution < -0.4 is 5.32 Å². The monoisotopic (exact) mass is 422 g/mol. The quantitative estimate of drug-likeness (QED) is 0.332. The molecule has 0 fully saturated rings. The second-order valence-electron chi connectivity index (χ2n) is 6.71. The molecule has 4 rings (SSSR count). The van der Waals surface area contributed by atoms with E-state index < -0.39 is 0 Å². The fourth-order valence-electron chi connectivity index (χ4n) is 3.05. The summed E-state index contributed by atoms with van der Waals surface area (Å²) >= 11 is 3.12. The molecular weight excluding hydrogens is 400 g/mol. The van der Waals surface area contributed by atoms with Crippen LogP contribution in [0.3, 0.4) is 0 Å². The number of para-hydroxylation sites is 2. The van der Waals surface area contributed by atoms with Crippen LogP contribution in [0, 0.1) is 6.92 Å². The number of thiazole rings is 1. The predicted octanol–water partition coefficient (Wildman–Crippen LogP) is 4.63. The number of benzene rings is 2. The number of hydrogen-bond acceptors (Lipinski definition) is 5. The number of nitrogens with one attached hydrogen (secondary N) is 1. The summed E-state index contributed by atoms with van der Waals surface area (Å²) in [6, 6.07) is 18.1. The highest BCUT2D eigenvalue weighted by atomic mass is 32.2. The van der Waals surface area contributed by atoms with Gasteiger partial charge in [0.25, 0.3) is 0 Å². The molecule has 7 heteroatoms. The van der Waals surface area contributed by atoms with E-state index >= 15 is 0 Å². The largest absolute Gasteiger partial charge is 0.355 e. The lowest BCUT2D eigenvalue weighted by Crippen LogP contribution is -2.26. The number of aromatic nitrogens is 3. The van der Waals surface area contributed by atoms with Crippen molar-refractivity contribution in [3.63, 3.8) is 0 Å². The third-order valence-electron chi connectivity index (χ3n) is 4.57. The van der Waals surface area contributed by atoms with Crippen molar-refractivity contribution < 1.29 is 4.79 Å². The highest BCUT2D eigenvalue weighted by Gasteiger charge is 2.09. The molecule has 29 heavy (non-hydrogen) atoms. The van der Waals surface area contributed by atoms with Gasteiger partial charge in [-0.05, 0) is 49.6 Å². The van der Waals surface area contributed by atoms with Gasteiger partial charge in [0.2, 0.25) is 5.91 Å². The summed E-state index contributed by atoms with van der Waals surface area (Å²) in [4.78, 5) is 16.7. The summed E-state index contributed by atoms with van der Waals surface area (Å²) in [5.41, 5.74) is 4.30. The van der Waals surface area contributed by atoms with Gasteiger partial charge < -0.3 is 5.32 Å². The molecule has 0 spiro atoms. The van der Waals surface area contributed by atoms with Crippen molar-refractivity contribution in [1.82, 2.24) is 20.1 Å². The molecule has 148 valence electrons. The first-order chi connectivity index (χ1) is 14.2. The average Bonchev–Trinajstić information content (AvgIpc) is 3.33. The maximum Gasteiger partial charge on any atom is 0.230 e. The molecule has 1 N–H and O–H groups in total. The van der Waals surface area contributed by atoms with Crippen molar-refractivity contribution in [2.75, 3.05) is 12.3 Å². The highest BCUT2D eigenvalue weighted by Crippen LogP contribution is 2.29. The van der Waals surface area contributed by atoms with Gasteiger partial charge in [-0.25, -0.2) is 9.67 Å². The Morgan fingerprint density at radius 3 is 2.76 bits per heavy atom. The Bertz CT molecular complexity index is 1070. The van der Waals surface area contributed by atoms with E-state index in [-0.39, 0.29) is 5.91 Å². The molecule has 0 saturated carbocycles. The molecule has 0 aliphatic heterocycles. The van der Waals surface area contributed by atoms with Crippen LogP contribution in [-0.4, -0.2) is 33.0 Å². The molecule has 5 nitrogen and oxygen atoms in total. The number of rotatable bonds is 8. The van der Waals surface area contributed by atoms with Crippen molar-refractivity contribution >= 4 is 39.2 Å². The van der Waals surface area contributed by atoms with Crippen molar-refractivity contribution in [3.8, 4) is 5.69 Å². The first-order valence-electron chi connectivity index (χ1n) is 9.55. The third kappa shape index (κ3) is 5.05. The number of fused-ring (bicyclic) bond motifs is 1. The van der Waals surface area contributed by atoms with Crippen molar-refractivity contribution in [3.05, 3.63) is 72.1 Å². The minimum absolute atomic E-state index is 0.0472. The Balaban J connectivity index is 1.21. The number of nitrogens with zero attached hydrogens (tertiary/aromatic N) is 3. The van der Waals surface area contributed by atoms with E-state index in [9.17, 15) is 4.79 Å². The van der Waals surface area contributed by atoms with E-state index in [1.807, 2.05) is 60.1 Å². The van der Waals surface area contributed by atoms with Gasteiger partial charge in [-0.15, -0.1) is 11.3 Å². The molecule has 0 atom stereocenters. The van der Waals surface area contributed by atoms with Crippen LogP contribution in [0.1, 0.15) is 17.7 Å². The van der Waals surface area contributed by atoms with E-state index in [4.69, 9.17) is 0 Å². The molecular formula is C22H22N4OS2. The van der Waals surface area contributed by atoms with Gasteiger partial charge >= 0.3 is 0 Å². The molecule has 0 saturated heterocycles. The molecule has 2 aromatic heterocycles. The van der Waals surface area contributed by atoms with Crippen LogP contribution in [0.15, 0.2) is 65.1 Å². The Morgan fingerprint density at radius 2 is 1.93 bits per heavy atom. The Kier molecular flexibility index (Phi) is 6.27. The maximum absolute atomic E-state index is 12.1. The zero-order chi connectivity index (χ0) is 20.1. The summed E-state index contributed by atoms with van der Waals surface area (Å²) < 4.78 is 4.00. The van der Waals surface area contributed by atoms with E-state index in [1.54, 1.807) is 11.3 Å². The van der Waals surface area contributed by atoms with Gasteiger partial charge in [-0.1, -0.05) is 42.1 Å². The van der Waals surface area contributed by atoms with Gasteiger partial charge in [0, 0.05) is 12.7 Å². The van der Waals surface area contributed by atoms with Gasteiger partial charge in [-0.3, -0.25) is 4.79 Å². The number of carbonyl (C=O) groups is 1. The van der Waals surface area contributed by atoms with Crippen LogP contribution in [0.2, 0.25) is 0 Å². The summed E-state index contributed by atoms with van der Waals surface area (Å²) in [5, 5.41) is 7.60. The maximum atomic E-state index is 12.1. The fraction of sp³-hybridized carbons (Fsp3) is 0.227. The van der Waals surface area contributed by atoms with Crippen LogP contribution in [0.4, 0.5) is 0 Å². The molecule has 1 amide bonds. The first kappa shape index (κ1) is 19.7. The fourth-order valence-corrected chi connectivity index (χ4v) is 4.95. The highest BCUT2D eigenvalue weighted by molar-refractivity contribution is 8.01. The second kappa shape index (κ2) is 9.24. The van der Waals surface area contributed by atoms with Crippen molar-refractivity contribution in [1.29, 1.82) is 0 Å². The van der Waals surface area contributed by atoms with Crippen LogP contribution in [0.5, 0.6) is 0 Å². The summed E-state index contributed by atoms with van der Waals surface area (Å²) in [5.74, 6) is 0.441. The third-order valence-corrected chi connectivity index (χ3v) is 6.75. The number of aryl methyl sites for hydroxylation is 2. The lowest BCUT2D eigenvalue weighted by molar-refractivity contribution is -0.118. The number of carbonyl (C=O) groups excluding carboxylic acids is 1. The van der Waals surface area contributed by atoms with Gasteiger partial charge in [0.1, 0.15) is 0 Å². The average molecular weight is 423 g/mol. The Morgan fingerprint density at radius 1 is 1.14 bits per heavy atom. The summed E-state index contributed by atoms with van der Waals surface area (Å²) in [7, 11) is 0. The number of thioether (sulfide) groups is 1. The first-order valence-corrected chi connectivity index (χ1v) is 11.3. The topological polar surface area (TPSA) is 59.8 Å². The molecule has 0 aliphatic rings. The van der Waals surface area contributed by atoms with Gasteiger partial charge in [-0.2, -0.15) is 5.10 Å². The van der Waals surface area contributed by atoms with Gasteiger partial charge in [0.05, 0.1) is 27.4 Å². The zero-order valence-electron chi connectivity index (χ0n) is 16.2. The molecule has 4 aromatic rings. The molecule has 0 aliphatic carbocycles. The minimum Gasteiger partial charge on any atom is -0.355 e. The summed E-state index contributed by atoms with van der Waals surface area (Å²) in [6.45, 7) is 2.69. The smallest absolute Gasteiger partial charge is 0.230 e. The SMILES string of the molecule is Cc1nn(-c2ccccc2)cc1CCCNC(=O)CSc1nc2ccccc2s1. The lowest BCUT2D eigenvalue weighted by atomic mass is 10.1. The van der Waals surface area contributed by atoms with Crippen LogP contribution in [0.25, 0.3) is 15.9 Å². The van der Waals surface area contributed by atoms with Crippen LogP contribution >= 0.6 is 23.1 Å². The number of hydrogen-bond donors (Lipinski definition) is 1. The second-order valence-corrected chi connectivity index (χ2v) is 8.96. The van der Waals surface area contributed by atoms with Gasteiger partial charge in [0.15, 0.2) is 4.34 Å². The van der Waals surface area contributed by atoms with E-state index in [1.165, 1.54) is 17.3 Å². The van der Waals surface area contributed by atoms with Crippen molar-refractivity contribution in [2.24, 2.45) is 0 Å². The normalized spacial score (nSPS) is 11.1. The molecule has 2 aromatic carbocycles. The van der Waals surface area contributed by atoms with Crippen LogP contribution in [-0.2, 0) is 11.2 Å². The minimum atomic E-state index is 0.0472. The summed E-state index contributed by atoms with van der Waals surface area (Å²) in [6.07, 6.45) is 3.86. The predicted molar refractivity (Wildman–Crippen MR) is 120 cm³/mol. The van der Waals surface area contributed by atoms with E-state index in [0.29, 0.717) is 12.3 Å². The number of amides is 1. The van der Waals surface area contributed by atoms with E-state index in [2.05, 4.69) is 27.7 Å². The molecule has 0 bridgehead atoms. The molecule has 2 heterocycles. The standard InChI is InChI=1S/C22H22N4OS2/c1-16-17(14-26(25-16)18-9-3-2-4-10-18)8-7-13-23-21(27)15-28-22-24-19-11-5-6-12-20(19)29-22/h2-6,9-12,14H,7-8,13,15H2,1H3,(H,23,27). The van der Waals surface area contributed by atoms with Crippen molar-refractivity contribution in [2.45, 2.75) is 24.1 Å². The zero-order valence-corrected chi connectivity index (χ0v) is 17.8. The Hall–Kier alpha value is -2.64.